The molecule has 7 heteroatoms. The Morgan fingerprint density at radius 3 is 2.59 bits per heavy atom. The molecule has 0 unspecified atom stereocenters. The van der Waals surface area contributed by atoms with Gasteiger partial charge in [0.1, 0.15) is 11.5 Å². The molecule has 32 heavy (non-hydrogen) atoms. The van der Waals surface area contributed by atoms with Crippen LogP contribution in [0.3, 0.4) is 0 Å². The van der Waals surface area contributed by atoms with Crippen LogP contribution in [0.4, 0.5) is 0 Å². The summed E-state index contributed by atoms with van der Waals surface area (Å²) in [4.78, 5) is 6.80. The first-order valence-corrected chi connectivity index (χ1v) is 10.9. The minimum Gasteiger partial charge on any atom is -0.508 e. The van der Waals surface area contributed by atoms with Gasteiger partial charge in [0, 0.05) is 23.3 Å². The molecule has 1 aliphatic rings. The number of benzene rings is 1. The number of aryl methyl sites for hydroxylation is 1. The number of aromatic hydroxyl groups is 1. The molecule has 0 amide bonds. The fourth-order valence-corrected chi connectivity index (χ4v) is 4.88. The molecule has 4 aromatic rings. The summed E-state index contributed by atoms with van der Waals surface area (Å²) in [5.41, 5.74) is 5.35. The molecule has 5 rings (SSSR count). The van der Waals surface area contributed by atoms with Crippen molar-refractivity contribution in [2.24, 2.45) is 0 Å². The highest BCUT2D eigenvalue weighted by Gasteiger charge is 2.41. The third-order valence-corrected chi connectivity index (χ3v) is 6.35. The Kier molecular flexibility index (Phi) is 5.19. The largest absolute Gasteiger partial charge is 0.508 e. The van der Waals surface area contributed by atoms with E-state index in [9.17, 15) is 5.11 Å². The number of thiocarbonyl (C=S) groups is 1. The highest BCUT2D eigenvalue weighted by atomic mass is 32.1. The van der Waals surface area contributed by atoms with Crippen LogP contribution in [0.5, 0.6) is 5.75 Å². The monoisotopic (exact) mass is 444 g/mol. The van der Waals surface area contributed by atoms with Crippen molar-refractivity contribution >= 4 is 17.3 Å². The average molecular weight is 445 g/mol. The van der Waals surface area contributed by atoms with Crippen LogP contribution < -0.4 is 5.32 Å². The summed E-state index contributed by atoms with van der Waals surface area (Å²) in [7, 11) is 0. The lowest BCUT2D eigenvalue weighted by atomic mass is 9.96. The molecule has 1 fully saturated rings. The molecule has 1 aromatic carbocycles. The fraction of sp³-hybridized carbons (Fsp3) is 0.200. The third-order valence-electron chi connectivity index (χ3n) is 6.00. The maximum absolute atomic E-state index is 9.71. The number of phenols is 1. The van der Waals surface area contributed by atoms with Gasteiger partial charge in [0.15, 0.2) is 5.11 Å². The van der Waals surface area contributed by atoms with E-state index in [0.29, 0.717) is 11.7 Å². The Bertz CT molecular complexity index is 1230. The topological polar surface area (TPSA) is 66.5 Å². The molecule has 2 N–H and O–H groups in total. The van der Waals surface area contributed by atoms with E-state index in [0.717, 1.165) is 28.5 Å². The lowest BCUT2D eigenvalue weighted by Gasteiger charge is -2.27. The minimum absolute atomic E-state index is 0.0560. The zero-order chi connectivity index (χ0) is 22.2. The second kappa shape index (κ2) is 8.16. The summed E-state index contributed by atoms with van der Waals surface area (Å²) in [5, 5.41) is 13.9. The highest BCUT2D eigenvalue weighted by molar-refractivity contribution is 7.80. The number of aromatic nitrogens is 2. The molecule has 0 bridgehead atoms. The van der Waals surface area contributed by atoms with Crippen molar-refractivity contribution in [2.75, 3.05) is 0 Å². The summed E-state index contributed by atoms with van der Waals surface area (Å²) in [6.45, 7) is 4.78. The third kappa shape index (κ3) is 3.54. The summed E-state index contributed by atoms with van der Waals surface area (Å²) in [5.74, 6) is 1.11. The average Bonchev–Trinajstić information content (AvgIpc) is 3.49. The first-order valence-electron chi connectivity index (χ1n) is 10.5. The molecular formula is C25H24N4O2S. The van der Waals surface area contributed by atoms with Crippen molar-refractivity contribution in [3.8, 4) is 11.4 Å². The van der Waals surface area contributed by atoms with Crippen LogP contribution in [-0.2, 0) is 6.54 Å². The second-order valence-electron chi connectivity index (χ2n) is 8.01. The van der Waals surface area contributed by atoms with E-state index >= 15 is 0 Å². The van der Waals surface area contributed by atoms with Crippen molar-refractivity contribution in [3.05, 3.63) is 102 Å². The van der Waals surface area contributed by atoms with Crippen LogP contribution in [-0.4, -0.2) is 24.7 Å². The van der Waals surface area contributed by atoms with Gasteiger partial charge in [-0.05, 0) is 86.2 Å². The summed E-state index contributed by atoms with van der Waals surface area (Å²) in [6, 6.07) is 19.1. The van der Waals surface area contributed by atoms with Gasteiger partial charge in [-0.3, -0.25) is 4.98 Å². The Morgan fingerprint density at radius 1 is 1.09 bits per heavy atom. The second-order valence-corrected chi connectivity index (χ2v) is 8.40. The molecule has 0 aliphatic carbocycles. The smallest absolute Gasteiger partial charge is 0.170 e. The molecule has 0 spiro atoms. The van der Waals surface area contributed by atoms with Gasteiger partial charge in [-0.1, -0.05) is 6.07 Å². The molecule has 162 valence electrons. The van der Waals surface area contributed by atoms with E-state index in [1.54, 1.807) is 18.4 Å². The number of hydrogen-bond acceptors (Lipinski definition) is 4. The lowest BCUT2D eigenvalue weighted by molar-refractivity contribution is 0.286. The standard InChI is InChI=1S/C25H24N4O2S/c1-16-14-21(17(2)29(16)18-8-10-19(30)11-9-18)24-23(22-7-3-4-12-26-22)27-25(32)28(24)15-20-6-5-13-31-20/h3-14,23-24,30H,15H2,1-2H3,(H,27,32)/t23-,24+/m0/s1. The number of nitrogens with zero attached hydrogens (tertiary/aromatic N) is 3. The Balaban J connectivity index is 1.62. The molecule has 2 atom stereocenters. The van der Waals surface area contributed by atoms with Crippen molar-refractivity contribution < 1.29 is 9.52 Å². The molecule has 1 saturated heterocycles. The van der Waals surface area contributed by atoms with Gasteiger partial charge in [0.2, 0.25) is 0 Å². The summed E-state index contributed by atoms with van der Waals surface area (Å²) >= 11 is 5.77. The van der Waals surface area contributed by atoms with Crippen molar-refractivity contribution in [1.82, 2.24) is 19.8 Å². The maximum atomic E-state index is 9.71. The number of rotatable bonds is 5. The molecule has 0 radical (unpaired) electrons. The number of nitrogens with one attached hydrogen (secondary N) is 1. The zero-order valence-electron chi connectivity index (χ0n) is 17.9. The van der Waals surface area contributed by atoms with E-state index in [2.05, 4.69) is 39.7 Å². The van der Waals surface area contributed by atoms with Gasteiger partial charge < -0.3 is 24.3 Å². The predicted octanol–water partition coefficient (Wildman–Crippen LogP) is 4.96. The Labute approximate surface area is 192 Å². The van der Waals surface area contributed by atoms with Crippen molar-refractivity contribution in [2.45, 2.75) is 32.5 Å². The number of furan rings is 1. The molecule has 3 aromatic heterocycles. The molecule has 1 aliphatic heterocycles. The van der Waals surface area contributed by atoms with E-state index in [4.69, 9.17) is 16.6 Å². The summed E-state index contributed by atoms with van der Waals surface area (Å²) in [6.07, 6.45) is 3.50. The Morgan fingerprint density at radius 2 is 1.91 bits per heavy atom. The van der Waals surface area contributed by atoms with Gasteiger partial charge in [-0.2, -0.15) is 0 Å². The quantitative estimate of drug-likeness (QED) is 0.424. The molecule has 4 heterocycles. The van der Waals surface area contributed by atoms with E-state index in [1.807, 2.05) is 48.7 Å². The van der Waals surface area contributed by atoms with Crippen LogP contribution in [0.2, 0.25) is 0 Å². The number of phenolic OH excluding ortho intramolecular Hbond substituents is 1. The van der Waals surface area contributed by atoms with Crippen LogP contribution in [0.25, 0.3) is 5.69 Å². The molecular weight excluding hydrogens is 420 g/mol. The van der Waals surface area contributed by atoms with Crippen molar-refractivity contribution in [3.63, 3.8) is 0 Å². The highest BCUT2D eigenvalue weighted by Crippen LogP contribution is 2.42. The summed E-state index contributed by atoms with van der Waals surface area (Å²) < 4.78 is 7.84. The minimum atomic E-state index is -0.0903. The van der Waals surface area contributed by atoms with Gasteiger partial charge in [0.05, 0.1) is 30.6 Å². The van der Waals surface area contributed by atoms with E-state index in [1.165, 1.54) is 5.56 Å². The van der Waals surface area contributed by atoms with Gasteiger partial charge in [-0.25, -0.2) is 0 Å². The number of pyridine rings is 1. The van der Waals surface area contributed by atoms with E-state index in [-0.39, 0.29) is 17.8 Å². The molecule has 6 nitrogen and oxygen atoms in total. The fourth-order valence-electron chi connectivity index (χ4n) is 4.57. The normalized spacial score (nSPS) is 18.2. The van der Waals surface area contributed by atoms with Crippen molar-refractivity contribution in [1.29, 1.82) is 0 Å². The predicted molar refractivity (Wildman–Crippen MR) is 127 cm³/mol. The first kappa shape index (κ1) is 20.3. The van der Waals surface area contributed by atoms with Gasteiger partial charge >= 0.3 is 0 Å². The Hall–Kier alpha value is -3.58. The van der Waals surface area contributed by atoms with Crippen LogP contribution >= 0.6 is 12.2 Å². The zero-order valence-corrected chi connectivity index (χ0v) is 18.7. The lowest BCUT2D eigenvalue weighted by Crippen LogP contribution is -2.29. The maximum Gasteiger partial charge on any atom is 0.170 e. The van der Waals surface area contributed by atoms with Crippen LogP contribution in [0.15, 0.2) is 77.5 Å². The van der Waals surface area contributed by atoms with Crippen LogP contribution in [0, 0.1) is 13.8 Å². The first-order chi connectivity index (χ1) is 15.5. The van der Waals surface area contributed by atoms with Gasteiger partial charge in [-0.15, -0.1) is 0 Å². The van der Waals surface area contributed by atoms with E-state index < -0.39 is 0 Å². The SMILES string of the molecule is Cc1cc([C@@H]2[C@H](c3ccccn3)NC(=S)N2Cc2ccco2)c(C)n1-c1ccc(O)cc1. The molecule has 0 saturated carbocycles. The van der Waals surface area contributed by atoms with Crippen LogP contribution in [0.1, 0.15) is 40.5 Å². The number of hydrogen-bond donors (Lipinski definition) is 2. The van der Waals surface area contributed by atoms with Gasteiger partial charge in [0.25, 0.3) is 0 Å².